The standard InChI is InChI=1S/C13H25NO4S/c1-2-3-9-19(17,18)14-11-13(10-12(15)16)7-5-4-6-8-13/h14H,2-11H2,1H3,(H,15,16). The summed E-state index contributed by atoms with van der Waals surface area (Å²) in [6.07, 6.45) is 6.23. The van der Waals surface area contributed by atoms with Gasteiger partial charge in [0.25, 0.3) is 0 Å². The molecule has 0 unspecified atom stereocenters. The van der Waals surface area contributed by atoms with Crippen LogP contribution in [0.3, 0.4) is 0 Å². The van der Waals surface area contributed by atoms with Crippen LogP contribution < -0.4 is 4.72 Å². The van der Waals surface area contributed by atoms with Gasteiger partial charge in [-0.2, -0.15) is 0 Å². The molecule has 0 spiro atoms. The van der Waals surface area contributed by atoms with Crippen molar-refractivity contribution in [1.82, 2.24) is 4.72 Å². The van der Waals surface area contributed by atoms with Gasteiger partial charge >= 0.3 is 5.97 Å². The number of carboxylic acids is 1. The molecule has 0 radical (unpaired) electrons. The lowest BCUT2D eigenvalue weighted by Crippen LogP contribution is -2.41. The van der Waals surface area contributed by atoms with Crippen molar-refractivity contribution in [3.63, 3.8) is 0 Å². The van der Waals surface area contributed by atoms with Gasteiger partial charge in [0.2, 0.25) is 10.0 Å². The first-order valence-corrected chi connectivity index (χ1v) is 8.73. The van der Waals surface area contributed by atoms with Crippen molar-refractivity contribution in [2.75, 3.05) is 12.3 Å². The Hall–Kier alpha value is -0.620. The van der Waals surface area contributed by atoms with E-state index in [-0.39, 0.29) is 24.1 Å². The van der Waals surface area contributed by atoms with Crippen molar-refractivity contribution in [2.45, 2.75) is 58.3 Å². The minimum atomic E-state index is -3.26. The topological polar surface area (TPSA) is 83.5 Å². The molecule has 0 heterocycles. The highest BCUT2D eigenvalue weighted by Gasteiger charge is 2.35. The zero-order valence-corrected chi connectivity index (χ0v) is 12.5. The van der Waals surface area contributed by atoms with E-state index in [2.05, 4.69) is 4.72 Å². The quantitative estimate of drug-likeness (QED) is 0.717. The third kappa shape index (κ3) is 5.91. The molecule has 1 fully saturated rings. The van der Waals surface area contributed by atoms with E-state index in [1.54, 1.807) is 0 Å². The Morgan fingerprint density at radius 1 is 1.26 bits per heavy atom. The zero-order valence-electron chi connectivity index (χ0n) is 11.7. The average molecular weight is 291 g/mol. The van der Waals surface area contributed by atoms with E-state index in [9.17, 15) is 13.2 Å². The van der Waals surface area contributed by atoms with Gasteiger partial charge in [0.15, 0.2) is 0 Å². The number of carboxylic acid groups (broad SMARTS) is 1. The number of hydrogen-bond acceptors (Lipinski definition) is 3. The molecule has 0 amide bonds. The molecule has 2 N–H and O–H groups in total. The number of aliphatic carboxylic acids is 1. The molecule has 19 heavy (non-hydrogen) atoms. The van der Waals surface area contributed by atoms with Crippen LogP contribution in [0.15, 0.2) is 0 Å². The van der Waals surface area contributed by atoms with Crippen molar-refractivity contribution in [2.24, 2.45) is 5.41 Å². The van der Waals surface area contributed by atoms with Gasteiger partial charge in [-0.3, -0.25) is 4.79 Å². The van der Waals surface area contributed by atoms with Gasteiger partial charge < -0.3 is 5.11 Å². The minimum Gasteiger partial charge on any atom is -0.481 e. The Kier molecular flexibility index (Phi) is 6.26. The molecule has 0 atom stereocenters. The Bertz CT molecular complexity index is 385. The zero-order chi connectivity index (χ0) is 14.4. The molecule has 1 aliphatic carbocycles. The molecule has 0 bridgehead atoms. The van der Waals surface area contributed by atoms with E-state index in [0.29, 0.717) is 6.42 Å². The van der Waals surface area contributed by atoms with Crippen LogP contribution in [0, 0.1) is 5.41 Å². The number of hydrogen-bond donors (Lipinski definition) is 2. The lowest BCUT2D eigenvalue weighted by molar-refractivity contribution is -0.140. The maximum atomic E-state index is 11.8. The SMILES string of the molecule is CCCCS(=O)(=O)NCC1(CC(=O)O)CCCCC1. The molecule has 0 aromatic heterocycles. The van der Waals surface area contributed by atoms with E-state index in [0.717, 1.165) is 38.5 Å². The van der Waals surface area contributed by atoms with Crippen LogP contribution in [0.1, 0.15) is 58.3 Å². The Labute approximate surface area is 115 Å². The highest BCUT2D eigenvalue weighted by Crippen LogP contribution is 2.38. The summed E-state index contributed by atoms with van der Waals surface area (Å²) >= 11 is 0. The lowest BCUT2D eigenvalue weighted by Gasteiger charge is -2.36. The second-order valence-electron chi connectivity index (χ2n) is 5.62. The first kappa shape index (κ1) is 16.4. The monoisotopic (exact) mass is 291 g/mol. The van der Waals surface area contributed by atoms with Crippen LogP contribution in [-0.4, -0.2) is 31.8 Å². The number of sulfonamides is 1. The third-order valence-corrected chi connectivity index (χ3v) is 5.28. The largest absolute Gasteiger partial charge is 0.481 e. The van der Waals surface area contributed by atoms with Crippen molar-refractivity contribution < 1.29 is 18.3 Å². The minimum absolute atomic E-state index is 0.0588. The molecular formula is C13H25NO4S. The van der Waals surface area contributed by atoms with Gasteiger partial charge in [0.05, 0.1) is 12.2 Å². The predicted octanol–water partition coefficient (Wildman–Crippen LogP) is 2.13. The lowest BCUT2D eigenvalue weighted by atomic mass is 9.72. The smallest absolute Gasteiger partial charge is 0.303 e. The Balaban J connectivity index is 2.60. The van der Waals surface area contributed by atoms with Gasteiger partial charge in [-0.1, -0.05) is 32.6 Å². The molecule has 1 aliphatic rings. The summed E-state index contributed by atoms with van der Waals surface area (Å²) in [4.78, 5) is 11.0. The molecule has 0 saturated heterocycles. The molecule has 0 aromatic carbocycles. The fraction of sp³-hybridized carbons (Fsp3) is 0.923. The maximum Gasteiger partial charge on any atom is 0.303 e. The van der Waals surface area contributed by atoms with Crippen molar-refractivity contribution >= 4 is 16.0 Å². The number of unbranched alkanes of at least 4 members (excludes halogenated alkanes) is 1. The van der Waals surface area contributed by atoms with Crippen molar-refractivity contribution in [3.8, 4) is 0 Å². The summed E-state index contributed by atoms with van der Waals surface area (Å²) in [6, 6.07) is 0. The number of rotatable bonds is 8. The molecule has 6 heteroatoms. The van der Waals surface area contributed by atoms with E-state index < -0.39 is 16.0 Å². The van der Waals surface area contributed by atoms with Gasteiger partial charge in [-0.25, -0.2) is 13.1 Å². The highest BCUT2D eigenvalue weighted by atomic mass is 32.2. The van der Waals surface area contributed by atoms with Crippen LogP contribution in [-0.2, 0) is 14.8 Å². The van der Waals surface area contributed by atoms with Gasteiger partial charge in [0.1, 0.15) is 0 Å². The molecule has 1 saturated carbocycles. The third-order valence-electron chi connectivity index (χ3n) is 3.87. The molecule has 112 valence electrons. The fourth-order valence-electron chi connectivity index (χ4n) is 2.71. The summed E-state index contributed by atoms with van der Waals surface area (Å²) in [5.74, 6) is -0.707. The van der Waals surface area contributed by atoms with Gasteiger partial charge in [0, 0.05) is 6.54 Å². The van der Waals surface area contributed by atoms with Crippen LogP contribution in [0.2, 0.25) is 0 Å². The van der Waals surface area contributed by atoms with E-state index in [1.807, 2.05) is 6.92 Å². The maximum absolute atomic E-state index is 11.8. The Morgan fingerprint density at radius 3 is 2.42 bits per heavy atom. The van der Waals surface area contributed by atoms with Gasteiger partial charge in [-0.05, 0) is 24.7 Å². The van der Waals surface area contributed by atoms with Crippen LogP contribution in [0.25, 0.3) is 0 Å². The summed E-state index contributed by atoms with van der Waals surface area (Å²) in [6.45, 7) is 2.22. The summed E-state index contributed by atoms with van der Waals surface area (Å²) in [7, 11) is -3.26. The molecule has 5 nitrogen and oxygen atoms in total. The second-order valence-corrected chi connectivity index (χ2v) is 7.55. The van der Waals surface area contributed by atoms with Crippen LogP contribution in [0.5, 0.6) is 0 Å². The van der Waals surface area contributed by atoms with E-state index in [4.69, 9.17) is 5.11 Å². The molecule has 0 aliphatic heterocycles. The predicted molar refractivity (Wildman–Crippen MR) is 74.5 cm³/mol. The summed E-state index contributed by atoms with van der Waals surface area (Å²) in [5.41, 5.74) is -0.386. The van der Waals surface area contributed by atoms with Crippen molar-refractivity contribution in [3.05, 3.63) is 0 Å². The molecular weight excluding hydrogens is 266 g/mol. The Morgan fingerprint density at radius 2 is 1.89 bits per heavy atom. The fourth-order valence-corrected chi connectivity index (χ4v) is 4.05. The van der Waals surface area contributed by atoms with Crippen LogP contribution >= 0.6 is 0 Å². The first-order chi connectivity index (χ1) is 8.89. The second kappa shape index (κ2) is 7.24. The molecule has 0 aromatic rings. The van der Waals surface area contributed by atoms with Gasteiger partial charge in [-0.15, -0.1) is 0 Å². The van der Waals surface area contributed by atoms with E-state index >= 15 is 0 Å². The van der Waals surface area contributed by atoms with Crippen molar-refractivity contribution in [1.29, 1.82) is 0 Å². The average Bonchev–Trinajstić information content (AvgIpc) is 2.35. The summed E-state index contributed by atoms with van der Waals surface area (Å²) < 4.78 is 26.2. The molecule has 1 rings (SSSR count). The number of carbonyl (C=O) groups is 1. The normalized spacial score (nSPS) is 19.2. The van der Waals surface area contributed by atoms with Crippen LogP contribution in [0.4, 0.5) is 0 Å². The van der Waals surface area contributed by atoms with E-state index in [1.165, 1.54) is 0 Å². The highest BCUT2D eigenvalue weighted by molar-refractivity contribution is 7.89. The summed E-state index contributed by atoms with van der Waals surface area (Å²) in [5, 5.41) is 9.02. The first-order valence-electron chi connectivity index (χ1n) is 7.08. The number of nitrogens with one attached hydrogen (secondary N) is 1.